The zero-order valence-corrected chi connectivity index (χ0v) is 11.4. The van der Waals surface area contributed by atoms with Crippen molar-refractivity contribution >= 4 is 10.2 Å². The molecule has 1 aliphatic heterocycles. The van der Waals surface area contributed by atoms with Crippen molar-refractivity contribution in [3.63, 3.8) is 0 Å². The van der Waals surface area contributed by atoms with Crippen LogP contribution in [0.15, 0.2) is 0 Å². The molecule has 1 fully saturated rings. The minimum absolute atomic E-state index is 0.0480. The van der Waals surface area contributed by atoms with E-state index in [4.69, 9.17) is 5.26 Å². The lowest BCUT2D eigenvalue weighted by Crippen LogP contribution is -2.50. The van der Waals surface area contributed by atoms with Gasteiger partial charge in [-0.3, -0.25) is 0 Å². The lowest BCUT2D eigenvalue weighted by Gasteiger charge is -2.35. The topological polar surface area (TPSA) is 64.4 Å². The average Bonchev–Trinajstić information content (AvgIpc) is 2.29. The number of nitrogens with zero attached hydrogens (tertiary/aromatic N) is 3. The van der Waals surface area contributed by atoms with Crippen molar-refractivity contribution in [3.05, 3.63) is 0 Å². The molecule has 1 rings (SSSR count). The van der Waals surface area contributed by atoms with Crippen LogP contribution in [0.25, 0.3) is 0 Å². The molecule has 0 spiro atoms. The van der Waals surface area contributed by atoms with Crippen molar-refractivity contribution in [2.75, 3.05) is 19.6 Å². The summed E-state index contributed by atoms with van der Waals surface area (Å²) < 4.78 is 27.6. The highest BCUT2D eigenvalue weighted by Gasteiger charge is 2.33. The Morgan fingerprint density at radius 3 is 2.71 bits per heavy atom. The van der Waals surface area contributed by atoms with E-state index in [1.165, 1.54) is 4.31 Å². The first-order valence-electron chi connectivity index (χ1n) is 6.18. The van der Waals surface area contributed by atoms with Gasteiger partial charge >= 0.3 is 0 Å². The molecule has 0 aromatic rings. The Hall–Kier alpha value is -0.640. The van der Waals surface area contributed by atoms with E-state index in [0.29, 0.717) is 13.1 Å². The van der Waals surface area contributed by atoms with Gasteiger partial charge in [-0.05, 0) is 26.2 Å². The van der Waals surface area contributed by atoms with Crippen LogP contribution in [0.5, 0.6) is 0 Å². The molecule has 0 aromatic carbocycles. The van der Waals surface area contributed by atoms with Gasteiger partial charge in [0.05, 0.1) is 6.07 Å². The van der Waals surface area contributed by atoms with Gasteiger partial charge in [0, 0.05) is 19.1 Å². The first kappa shape index (κ1) is 14.4. The van der Waals surface area contributed by atoms with Gasteiger partial charge in [0.2, 0.25) is 0 Å². The zero-order chi connectivity index (χ0) is 12.9. The van der Waals surface area contributed by atoms with Gasteiger partial charge in [-0.1, -0.05) is 13.3 Å². The van der Waals surface area contributed by atoms with Crippen LogP contribution >= 0.6 is 0 Å². The molecule has 0 saturated carbocycles. The van der Waals surface area contributed by atoms with Crippen LogP contribution in [0.3, 0.4) is 0 Å². The van der Waals surface area contributed by atoms with Crippen molar-refractivity contribution in [3.8, 4) is 6.07 Å². The minimum Gasteiger partial charge on any atom is -0.197 e. The second-order valence-corrected chi connectivity index (χ2v) is 6.34. The lowest BCUT2D eigenvalue weighted by molar-refractivity contribution is 0.247. The zero-order valence-electron chi connectivity index (χ0n) is 10.6. The SMILES string of the molecule is CCCN(CC#N)S(=O)(=O)N1CCCCC1C. The Morgan fingerprint density at radius 1 is 1.47 bits per heavy atom. The second kappa shape index (κ2) is 6.34. The predicted molar refractivity (Wildman–Crippen MR) is 66.4 cm³/mol. The highest BCUT2D eigenvalue weighted by atomic mass is 32.2. The number of rotatable bonds is 5. The average molecular weight is 259 g/mol. The molecule has 1 atom stereocenters. The van der Waals surface area contributed by atoms with E-state index in [1.54, 1.807) is 4.31 Å². The first-order chi connectivity index (χ1) is 8.04. The molecule has 0 aromatic heterocycles. The minimum atomic E-state index is -3.45. The number of piperidine rings is 1. The van der Waals surface area contributed by atoms with Crippen LogP contribution in [0, 0.1) is 11.3 Å². The highest BCUT2D eigenvalue weighted by molar-refractivity contribution is 7.86. The Morgan fingerprint density at radius 2 is 2.18 bits per heavy atom. The largest absolute Gasteiger partial charge is 0.283 e. The maximum absolute atomic E-state index is 12.4. The molecule has 0 N–H and O–H groups in total. The maximum atomic E-state index is 12.4. The fourth-order valence-corrected chi connectivity index (χ4v) is 4.02. The van der Waals surface area contributed by atoms with E-state index in [1.807, 2.05) is 19.9 Å². The predicted octanol–water partition coefficient (Wildman–Crippen LogP) is 1.34. The van der Waals surface area contributed by atoms with E-state index in [-0.39, 0.29) is 12.6 Å². The van der Waals surface area contributed by atoms with Gasteiger partial charge in [-0.15, -0.1) is 0 Å². The summed E-state index contributed by atoms with van der Waals surface area (Å²) in [5.41, 5.74) is 0. The Labute approximate surface area is 104 Å². The summed E-state index contributed by atoms with van der Waals surface area (Å²) in [5, 5.41) is 8.72. The third-order valence-electron chi connectivity index (χ3n) is 3.08. The molecule has 1 aliphatic rings. The molecular weight excluding hydrogens is 238 g/mol. The molecule has 1 unspecified atom stereocenters. The number of hydrogen-bond donors (Lipinski definition) is 0. The van der Waals surface area contributed by atoms with Crippen LogP contribution < -0.4 is 0 Å². The molecule has 6 heteroatoms. The maximum Gasteiger partial charge on any atom is 0.283 e. The Balaban J connectivity index is 2.86. The number of hydrogen-bond acceptors (Lipinski definition) is 3. The summed E-state index contributed by atoms with van der Waals surface area (Å²) >= 11 is 0. The van der Waals surface area contributed by atoms with E-state index in [9.17, 15) is 8.42 Å². The normalized spacial score (nSPS) is 22.6. The van der Waals surface area contributed by atoms with Gasteiger partial charge < -0.3 is 0 Å². The van der Waals surface area contributed by atoms with Crippen LogP contribution in [0.4, 0.5) is 0 Å². The van der Waals surface area contributed by atoms with Crippen molar-refractivity contribution in [2.24, 2.45) is 0 Å². The van der Waals surface area contributed by atoms with Crippen molar-refractivity contribution in [1.82, 2.24) is 8.61 Å². The molecule has 1 saturated heterocycles. The Kier molecular flexibility index (Phi) is 5.37. The summed E-state index contributed by atoms with van der Waals surface area (Å²) in [6.07, 6.45) is 3.63. The summed E-state index contributed by atoms with van der Waals surface area (Å²) in [7, 11) is -3.45. The summed E-state index contributed by atoms with van der Waals surface area (Å²) in [6.45, 7) is 4.79. The summed E-state index contributed by atoms with van der Waals surface area (Å²) in [6, 6.07) is 1.98. The fourth-order valence-electron chi connectivity index (χ4n) is 2.17. The van der Waals surface area contributed by atoms with Gasteiger partial charge in [0.25, 0.3) is 10.2 Å². The fraction of sp³-hybridized carbons (Fsp3) is 0.909. The molecule has 0 bridgehead atoms. The molecule has 1 heterocycles. The first-order valence-corrected chi connectivity index (χ1v) is 7.57. The van der Waals surface area contributed by atoms with Crippen LogP contribution in [-0.4, -0.2) is 42.7 Å². The quantitative estimate of drug-likeness (QED) is 0.700. The number of nitriles is 1. The van der Waals surface area contributed by atoms with Crippen LogP contribution in [-0.2, 0) is 10.2 Å². The van der Waals surface area contributed by atoms with Crippen molar-refractivity contribution in [2.45, 2.75) is 45.6 Å². The van der Waals surface area contributed by atoms with Crippen LogP contribution in [0.2, 0.25) is 0 Å². The van der Waals surface area contributed by atoms with E-state index in [0.717, 1.165) is 25.7 Å². The second-order valence-electron chi connectivity index (χ2n) is 4.45. The van der Waals surface area contributed by atoms with Crippen molar-refractivity contribution in [1.29, 1.82) is 5.26 Å². The third kappa shape index (κ3) is 3.41. The molecule has 5 nitrogen and oxygen atoms in total. The smallest absolute Gasteiger partial charge is 0.197 e. The van der Waals surface area contributed by atoms with Crippen molar-refractivity contribution < 1.29 is 8.42 Å². The molecule has 0 radical (unpaired) electrons. The lowest BCUT2D eigenvalue weighted by atomic mass is 10.1. The standard InChI is InChI=1S/C11H21N3O2S/c1-3-8-13(10-7-12)17(15,16)14-9-5-4-6-11(14)2/h11H,3-6,8-10H2,1-2H3. The molecule has 98 valence electrons. The monoisotopic (exact) mass is 259 g/mol. The highest BCUT2D eigenvalue weighted by Crippen LogP contribution is 2.22. The van der Waals surface area contributed by atoms with E-state index in [2.05, 4.69) is 0 Å². The third-order valence-corrected chi connectivity index (χ3v) is 5.18. The van der Waals surface area contributed by atoms with Gasteiger partial charge in [0.15, 0.2) is 0 Å². The van der Waals surface area contributed by atoms with Gasteiger partial charge in [0.1, 0.15) is 6.54 Å². The molecule has 17 heavy (non-hydrogen) atoms. The van der Waals surface area contributed by atoms with Gasteiger partial charge in [-0.2, -0.15) is 22.3 Å². The Bertz CT molecular complexity index is 375. The van der Waals surface area contributed by atoms with E-state index < -0.39 is 10.2 Å². The van der Waals surface area contributed by atoms with Crippen LogP contribution in [0.1, 0.15) is 39.5 Å². The van der Waals surface area contributed by atoms with Gasteiger partial charge in [-0.25, -0.2) is 0 Å². The summed E-state index contributed by atoms with van der Waals surface area (Å²) in [5.74, 6) is 0. The molecule has 0 aliphatic carbocycles. The summed E-state index contributed by atoms with van der Waals surface area (Å²) in [4.78, 5) is 0. The van der Waals surface area contributed by atoms with E-state index >= 15 is 0 Å². The molecular formula is C11H21N3O2S. The molecule has 0 amide bonds.